The van der Waals surface area contributed by atoms with Crippen LogP contribution >= 0.6 is 0 Å². The number of nitrogens with zero attached hydrogens (tertiary/aromatic N) is 1. The predicted molar refractivity (Wildman–Crippen MR) is 90.0 cm³/mol. The summed E-state index contributed by atoms with van der Waals surface area (Å²) in [4.78, 5) is 14.9. The minimum atomic E-state index is -0.0498. The Balaban J connectivity index is 3.27. The molecular weight excluding hydrogens is 260 g/mol. The number of carbonyl (C=O) groups excluding carboxylic acids is 1. The second-order valence-corrected chi connectivity index (χ2v) is 8.90. The highest BCUT2D eigenvalue weighted by Crippen LogP contribution is 2.37. The van der Waals surface area contributed by atoms with Crippen LogP contribution < -0.4 is 5.32 Å². The molecule has 1 N–H and O–H groups in total. The molecule has 0 bridgehead atoms. The van der Waals surface area contributed by atoms with E-state index in [2.05, 4.69) is 72.7 Å². The Morgan fingerprint density at radius 2 is 1.67 bits per heavy atom. The first-order chi connectivity index (χ1) is 9.34. The molecule has 0 aromatic heterocycles. The summed E-state index contributed by atoms with van der Waals surface area (Å²) in [5.74, 6) is 0.660. The molecule has 0 fully saturated rings. The Labute approximate surface area is 131 Å². The van der Waals surface area contributed by atoms with Crippen LogP contribution in [0.15, 0.2) is 11.3 Å². The highest BCUT2D eigenvalue weighted by atomic mass is 16.2. The van der Waals surface area contributed by atoms with Crippen LogP contribution in [0.4, 0.5) is 0 Å². The summed E-state index contributed by atoms with van der Waals surface area (Å²) in [5.41, 5.74) is 2.46. The van der Waals surface area contributed by atoms with E-state index in [0.29, 0.717) is 5.92 Å². The molecule has 0 saturated carbocycles. The van der Waals surface area contributed by atoms with Crippen molar-refractivity contribution in [3.63, 3.8) is 0 Å². The number of amides is 1. The second kappa shape index (κ2) is 6.12. The van der Waals surface area contributed by atoms with Crippen LogP contribution in [-0.2, 0) is 4.79 Å². The molecule has 1 heterocycles. The third-order valence-electron chi connectivity index (χ3n) is 4.14. The molecule has 0 aromatic rings. The summed E-state index contributed by atoms with van der Waals surface area (Å²) < 4.78 is 0. The lowest BCUT2D eigenvalue weighted by molar-refractivity contribution is -0.125. The van der Waals surface area contributed by atoms with E-state index in [4.69, 9.17) is 0 Å². The van der Waals surface area contributed by atoms with Gasteiger partial charge in [0.2, 0.25) is 5.91 Å². The van der Waals surface area contributed by atoms with Crippen molar-refractivity contribution in [2.45, 2.75) is 67.9 Å². The lowest BCUT2D eigenvalue weighted by atomic mass is 9.78. The molecule has 0 spiro atoms. The molecule has 21 heavy (non-hydrogen) atoms. The Bertz CT molecular complexity index is 421. The number of carbonyl (C=O) groups is 1. The Morgan fingerprint density at radius 1 is 1.14 bits per heavy atom. The molecule has 3 heteroatoms. The predicted octanol–water partition coefficient (Wildman–Crippen LogP) is 3.81. The maximum Gasteiger partial charge on any atom is 0.241 e. The van der Waals surface area contributed by atoms with E-state index in [9.17, 15) is 4.79 Å². The largest absolute Gasteiger partial charge is 0.328 e. The van der Waals surface area contributed by atoms with Crippen molar-refractivity contribution in [3.8, 4) is 0 Å². The highest BCUT2D eigenvalue weighted by molar-refractivity contribution is 5.84. The first-order valence-electron chi connectivity index (χ1n) is 8.09. The molecule has 3 nitrogen and oxygen atoms in total. The van der Waals surface area contributed by atoms with Gasteiger partial charge in [-0.1, -0.05) is 55.4 Å². The van der Waals surface area contributed by atoms with Gasteiger partial charge in [0.25, 0.3) is 0 Å². The summed E-state index contributed by atoms with van der Waals surface area (Å²) in [6.45, 7) is 18.4. The van der Waals surface area contributed by atoms with Gasteiger partial charge < -0.3 is 5.32 Å². The summed E-state index contributed by atoms with van der Waals surface area (Å²) in [6.07, 6.45) is 0.900. The first kappa shape index (κ1) is 18.2. The van der Waals surface area contributed by atoms with Gasteiger partial charge in [0.1, 0.15) is 0 Å². The van der Waals surface area contributed by atoms with Crippen LogP contribution in [0, 0.1) is 16.7 Å². The van der Waals surface area contributed by atoms with E-state index in [-0.39, 0.29) is 22.8 Å². The van der Waals surface area contributed by atoms with Gasteiger partial charge in [-0.2, -0.15) is 0 Å². The Kier molecular flexibility index (Phi) is 5.31. The quantitative estimate of drug-likeness (QED) is 0.840. The number of hydrogen-bond donors (Lipinski definition) is 1. The molecule has 0 aliphatic carbocycles. The molecule has 0 saturated heterocycles. The third-order valence-corrected chi connectivity index (χ3v) is 4.14. The first-order valence-corrected chi connectivity index (χ1v) is 8.09. The molecule has 0 radical (unpaired) electrons. The van der Waals surface area contributed by atoms with Crippen molar-refractivity contribution in [1.82, 2.24) is 10.2 Å². The van der Waals surface area contributed by atoms with E-state index < -0.39 is 0 Å². The summed E-state index contributed by atoms with van der Waals surface area (Å²) in [6, 6.07) is -0.0396. The molecule has 0 aromatic carbocycles. The Morgan fingerprint density at radius 3 is 2.05 bits per heavy atom. The fourth-order valence-corrected chi connectivity index (χ4v) is 2.91. The van der Waals surface area contributed by atoms with E-state index >= 15 is 0 Å². The zero-order valence-electron chi connectivity index (χ0n) is 15.4. The van der Waals surface area contributed by atoms with Crippen molar-refractivity contribution in [3.05, 3.63) is 11.3 Å². The summed E-state index contributed by atoms with van der Waals surface area (Å²) >= 11 is 0. The van der Waals surface area contributed by atoms with Crippen molar-refractivity contribution in [2.24, 2.45) is 16.7 Å². The maximum atomic E-state index is 12.7. The van der Waals surface area contributed by atoms with Crippen LogP contribution in [0.25, 0.3) is 0 Å². The lowest BCUT2D eigenvalue weighted by Crippen LogP contribution is -2.44. The van der Waals surface area contributed by atoms with Crippen LogP contribution in [0.3, 0.4) is 0 Å². The molecular formula is C18H34N2O. The zero-order chi connectivity index (χ0) is 16.6. The standard InChI is InChI=1S/C18H34N2O/c1-12(2)10-14-16(21)19-15(18(6,7)8)13(11-20(14)9)17(3,4)5/h12,14H,10-11H2,1-9H3,(H,19,21)/t14-/m1/s1. The minimum absolute atomic E-state index is 0.0396. The molecule has 0 unspecified atom stereocenters. The van der Waals surface area contributed by atoms with Crippen molar-refractivity contribution < 1.29 is 4.79 Å². The molecule has 1 rings (SSSR count). The minimum Gasteiger partial charge on any atom is -0.328 e. The topological polar surface area (TPSA) is 32.3 Å². The van der Waals surface area contributed by atoms with Crippen molar-refractivity contribution >= 4 is 5.91 Å². The SMILES string of the molecule is CC(C)C[C@@H]1C(=O)NC(C(C)(C)C)=C(C(C)(C)C)CN1C. The van der Waals surface area contributed by atoms with Gasteiger partial charge in [0.15, 0.2) is 0 Å². The van der Waals surface area contributed by atoms with E-state index in [1.807, 2.05) is 0 Å². The molecule has 1 atom stereocenters. The van der Waals surface area contributed by atoms with Gasteiger partial charge in [-0.15, -0.1) is 0 Å². The number of allylic oxidation sites excluding steroid dienone is 1. The number of nitrogens with one attached hydrogen (secondary N) is 1. The summed E-state index contributed by atoms with van der Waals surface area (Å²) in [5, 5.41) is 3.26. The van der Waals surface area contributed by atoms with Crippen LogP contribution in [0.5, 0.6) is 0 Å². The lowest BCUT2D eigenvalue weighted by Gasteiger charge is -2.33. The molecule has 1 amide bonds. The fraction of sp³-hybridized carbons (Fsp3) is 0.833. The van der Waals surface area contributed by atoms with Crippen molar-refractivity contribution in [1.29, 1.82) is 0 Å². The Hall–Kier alpha value is -0.830. The van der Waals surface area contributed by atoms with Crippen LogP contribution in [0.2, 0.25) is 0 Å². The van der Waals surface area contributed by atoms with Crippen LogP contribution in [-0.4, -0.2) is 30.4 Å². The average molecular weight is 294 g/mol. The van der Waals surface area contributed by atoms with Gasteiger partial charge in [-0.3, -0.25) is 9.69 Å². The monoisotopic (exact) mass is 294 g/mol. The highest BCUT2D eigenvalue weighted by Gasteiger charge is 2.36. The van der Waals surface area contributed by atoms with Gasteiger partial charge in [-0.25, -0.2) is 0 Å². The maximum absolute atomic E-state index is 12.7. The number of likely N-dealkylation sites (N-methyl/N-ethyl adjacent to an activating group) is 1. The van der Waals surface area contributed by atoms with Crippen LogP contribution in [0.1, 0.15) is 61.8 Å². The normalized spacial score (nSPS) is 22.6. The smallest absolute Gasteiger partial charge is 0.241 e. The molecule has 1 aliphatic heterocycles. The fourth-order valence-electron chi connectivity index (χ4n) is 2.91. The molecule has 122 valence electrons. The van der Waals surface area contributed by atoms with Crippen molar-refractivity contribution in [2.75, 3.05) is 13.6 Å². The van der Waals surface area contributed by atoms with Gasteiger partial charge >= 0.3 is 0 Å². The van der Waals surface area contributed by atoms with E-state index in [1.165, 1.54) is 5.57 Å². The van der Waals surface area contributed by atoms with Gasteiger partial charge in [0, 0.05) is 17.7 Å². The number of hydrogen-bond acceptors (Lipinski definition) is 2. The molecule has 1 aliphatic rings. The van der Waals surface area contributed by atoms with Gasteiger partial charge in [-0.05, 0) is 30.4 Å². The van der Waals surface area contributed by atoms with Gasteiger partial charge in [0.05, 0.1) is 6.04 Å². The average Bonchev–Trinajstić information content (AvgIpc) is 2.37. The summed E-state index contributed by atoms with van der Waals surface area (Å²) in [7, 11) is 2.07. The third kappa shape index (κ3) is 4.57. The van der Waals surface area contributed by atoms with E-state index in [0.717, 1.165) is 18.7 Å². The number of rotatable bonds is 2. The second-order valence-electron chi connectivity index (χ2n) is 8.90. The zero-order valence-corrected chi connectivity index (χ0v) is 15.4. The van der Waals surface area contributed by atoms with E-state index in [1.54, 1.807) is 0 Å².